The number of rotatable bonds is 7. The van der Waals surface area contributed by atoms with Gasteiger partial charge in [-0.15, -0.1) is 20.4 Å². The molecule has 2 heterocycles. The van der Waals surface area contributed by atoms with Gasteiger partial charge in [-0.1, -0.05) is 146 Å². The molecular weight excluding hydrogens is 564 g/mol. The van der Waals surface area contributed by atoms with E-state index < -0.39 is 0 Å². The summed E-state index contributed by atoms with van der Waals surface area (Å²) in [7, 11) is 0. The molecule has 46 heavy (non-hydrogen) atoms. The molecule has 0 aliphatic heterocycles. The highest BCUT2D eigenvalue weighted by molar-refractivity contribution is 5.73. The van der Waals surface area contributed by atoms with Crippen LogP contribution < -0.4 is 0 Å². The molecule has 0 saturated heterocycles. The SMILES string of the molecule is c1ccc(-c2nnc(-c3ccc(-c4ccc(-c5nnc(-c6ccccc6)n5-c5ccccc5)cc4)cc3)n2-c2ccccc2)cc1. The second kappa shape index (κ2) is 11.9. The number of aromatic nitrogens is 6. The number of nitrogens with zero attached hydrogens (tertiary/aromatic N) is 6. The largest absolute Gasteiger partial charge is 0.275 e. The summed E-state index contributed by atoms with van der Waals surface area (Å²) >= 11 is 0. The molecule has 0 unspecified atom stereocenters. The van der Waals surface area contributed by atoms with Crippen LogP contribution in [0.4, 0.5) is 0 Å². The van der Waals surface area contributed by atoms with Crippen molar-refractivity contribution in [2.24, 2.45) is 0 Å². The van der Waals surface area contributed by atoms with E-state index in [0.717, 1.165) is 68.1 Å². The van der Waals surface area contributed by atoms with E-state index in [1.807, 2.05) is 72.8 Å². The maximum atomic E-state index is 4.64. The molecule has 8 aromatic rings. The van der Waals surface area contributed by atoms with Crippen molar-refractivity contribution in [3.05, 3.63) is 170 Å². The van der Waals surface area contributed by atoms with E-state index in [4.69, 9.17) is 0 Å². The van der Waals surface area contributed by atoms with Gasteiger partial charge in [0.1, 0.15) is 0 Å². The molecule has 0 aliphatic rings. The molecule has 6 nitrogen and oxygen atoms in total. The average molecular weight is 593 g/mol. The van der Waals surface area contributed by atoms with Crippen molar-refractivity contribution in [3.8, 4) is 68.1 Å². The van der Waals surface area contributed by atoms with Crippen LogP contribution in [0.5, 0.6) is 0 Å². The van der Waals surface area contributed by atoms with E-state index in [1.54, 1.807) is 0 Å². The smallest absolute Gasteiger partial charge is 0.168 e. The van der Waals surface area contributed by atoms with Gasteiger partial charge in [0.2, 0.25) is 0 Å². The van der Waals surface area contributed by atoms with Crippen LogP contribution in [-0.2, 0) is 0 Å². The fourth-order valence-electron chi connectivity index (χ4n) is 5.76. The van der Waals surface area contributed by atoms with Crippen LogP contribution >= 0.6 is 0 Å². The third-order valence-electron chi connectivity index (χ3n) is 8.04. The maximum Gasteiger partial charge on any atom is 0.168 e. The Morgan fingerprint density at radius 2 is 0.478 bits per heavy atom. The van der Waals surface area contributed by atoms with Crippen molar-refractivity contribution in [2.75, 3.05) is 0 Å². The van der Waals surface area contributed by atoms with Crippen molar-refractivity contribution in [3.63, 3.8) is 0 Å². The molecule has 0 atom stereocenters. The molecule has 6 heteroatoms. The van der Waals surface area contributed by atoms with Crippen molar-refractivity contribution in [2.45, 2.75) is 0 Å². The summed E-state index contributed by atoms with van der Waals surface area (Å²) in [6.45, 7) is 0. The van der Waals surface area contributed by atoms with Crippen LogP contribution in [0, 0.1) is 0 Å². The van der Waals surface area contributed by atoms with Crippen molar-refractivity contribution >= 4 is 0 Å². The third kappa shape index (κ3) is 5.08. The molecule has 0 saturated carbocycles. The molecule has 0 fully saturated rings. The predicted molar refractivity (Wildman–Crippen MR) is 183 cm³/mol. The van der Waals surface area contributed by atoms with E-state index in [0.29, 0.717) is 0 Å². The van der Waals surface area contributed by atoms with Gasteiger partial charge in [0.05, 0.1) is 0 Å². The molecule has 0 spiro atoms. The van der Waals surface area contributed by atoms with Crippen LogP contribution in [0.25, 0.3) is 68.1 Å². The summed E-state index contributed by atoms with van der Waals surface area (Å²) in [4.78, 5) is 0. The minimum absolute atomic E-state index is 0.793. The van der Waals surface area contributed by atoms with Crippen molar-refractivity contribution < 1.29 is 0 Å². The second-order valence-corrected chi connectivity index (χ2v) is 10.9. The highest BCUT2D eigenvalue weighted by Crippen LogP contribution is 2.32. The first-order valence-electron chi connectivity index (χ1n) is 15.2. The summed E-state index contributed by atoms with van der Waals surface area (Å²) in [6, 6.07) is 57.8. The Morgan fingerprint density at radius 3 is 0.783 bits per heavy atom. The molecule has 0 radical (unpaired) electrons. The normalized spacial score (nSPS) is 11.0. The summed E-state index contributed by atoms with van der Waals surface area (Å²) in [6.07, 6.45) is 0. The van der Waals surface area contributed by atoms with Gasteiger partial charge < -0.3 is 0 Å². The third-order valence-corrected chi connectivity index (χ3v) is 8.04. The second-order valence-electron chi connectivity index (χ2n) is 10.9. The number of benzene rings is 6. The highest BCUT2D eigenvalue weighted by atomic mass is 15.3. The number of para-hydroxylation sites is 2. The monoisotopic (exact) mass is 592 g/mol. The van der Waals surface area contributed by atoms with Gasteiger partial charge in [0.25, 0.3) is 0 Å². The zero-order valence-corrected chi connectivity index (χ0v) is 24.8. The van der Waals surface area contributed by atoms with Crippen LogP contribution in [-0.4, -0.2) is 29.5 Å². The Labute approximate surface area is 266 Å². The molecule has 0 bridgehead atoms. The fourth-order valence-corrected chi connectivity index (χ4v) is 5.76. The average Bonchev–Trinajstić information content (AvgIpc) is 3.79. The quantitative estimate of drug-likeness (QED) is 0.185. The lowest BCUT2D eigenvalue weighted by Gasteiger charge is -2.12. The van der Waals surface area contributed by atoms with Gasteiger partial charge in [-0.25, -0.2) is 0 Å². The Hall–Kier alpha value is -6.40. The van der Waals surface area contributed by atoms with Crippen LogP contribution in [0.1, 0.15) is 0 Å². The molecule has 0 aliphatic carbocycles. The molecule has 6 aromatic carbocycles. The predicted octanol–water partition coefficient (Wildman–Crippen LogP) is 9.18. The zero-order valence-electron chi connectivity index (χ0n) is 24.8. The maximum absolute atomic E-state index is 4.64. The summed E-state index contributed by atoms with van der Waals surface area (Å²) < 4.78 is 4.23. The minimum atomic E-state index is 0.793. The Morgan fingerprint density at radius 1 is 0.239 bits per heavy atom. The van der Waals surface area contributed by atoms with Gasteiger partial charge in [0.15, 0.2) is 23.3 Å². The molecule has 0 N–H and O–H groups in total. The molecule has 0 amide bonds. The topological polar surface area (TPSA) is 61.4 Å². The first-order chi connectivity index (χ1) is 22.8. The first-order valence-corrected chi connectivity index (χ1v) is 15.2. The lowest BCUT2D eigenvalue weighted by Crippen LogP contribution is -2.00. The van der Waals surface area contributed by atoms with E-state index in [-0.39, 0.29) is 0 Å². The van der Waals surface area contributed by atoms with Crippen molar-refractivity contribution in [1.29, 1.82) is 0 Å². The summed E-state index contributed by atoms with van der Waals surface area (Å²) in [5.41, 5.74) is 8.26. The van der Waals surface area contributed by atoms with Gasteiger partial charge in [-0.05, 0) is 35.4 Å². The van der Waals surface area contributed by atoms with Gasteiger partial charge in [0, 0.05) is 33.6 Å². The van der Waals surface area contributed by atoms with Crippen molar-refractivity contribution in [1.82, 2.24) is 29.5 Å². The Bertz CT molecular complexity index is 2040. The lowest BCUT2D eigenvalue weighted by atomic mass is 10.0. The Balaban J connectivity index is 1.13. The van der Waals surface area contributed by atoms with Crippen LogP contribution in [0.3, 0.4) is 0 Å². The number of hydrogen-bond acceptors (Lipinski definition) is 4. The molecule has 218 valence electrons. The summed E-state index contributed by atoms with van der Waals surface area (Å²) in [5, 5.41) is 18.5. The first kappa shape index (κ1) is 27.2. The van der Waals surface area contributed by atoms with E-state index >= 15 is 0 Å². The highest BCUT2D eigenvalue weighted by Gasteiger charge is 2.19. The van der Waals surface area contributed by atoms with Crippen LogP contribution in [0.2, 0.25) is 0 Å². The van der Waals surface area contributed by atoms with E-state index in [9.17, 15) is 0 Å². The minimum Gasteiger partial charge on any atom is -0.275 e. The van der Waals surface area contributed by atoms with Gasteiger partial charge in [-0.3, -0.25) is 9.13 Å². The fraction of sp³-hybridized carbons (Fsp3) is 0. The lowest BCUT2D eigenvalue weighted by molar-refractivity contribution is 1.07. The zero-order chi connectivity index (χ0) is 30.7. The van der Waals surface area contributed by atoms with E-state index in [2.05, 4.69) is 127 Å². The molecular formula is C40H28N6. The van der Waals surface area contributed by atoms with Crippen LogP contribution in [0.15, 0.2) is 170 Å². The molecule has 8 rings (SSSR count). The standard InChI is InChI=1S/C40H28N6/c1-5-13-31(14-6-1)37-41-43-39(45(37)35-17-9-3-10-18-35)33-25-21-29(22-26-33)30-23-27-34(28-24-30)40-44-42-38(32-15-7-2-8-16-32)46(40)36-19-11-4-12-20-36/h1-28H. The summed E-state index contributed by atoms with van der Waals surface area (Å²) in [5.74, 6) is 3.20. The Kier molecular flexibility index (Phi) is 7.05. The molecule has 2 aromatic heterocycles. The number of hydrogen-bond donors (Lipinski definition) is 0. The van der Waals surface area contributed by atoms with Gasteiger partial charge in [-0.2, -0.15) is 0 Å². The van der Waals surface area contributed by atoms with E-state index in [1.165, 1.54) is 0 Å². The van der Waals surface area contributed by atoms with Gasteiger partial charge >= 0.3 is 0 Å².